The first-order valence-electron chi connectivity index (χ1n) is 10.1. The van der Waals surface area contributed by atoms with Crippen molar-refractivity contribution in [3.8, 4) is 11.1 Å². The molecule has 0 radical (unpaired) electrons. The summed E-state index contributed by atoms with van der Waals surface area (Å²) in [5, 5.41) is 22.9. The van der Waals surface area contributed by atoms with E-state index >= 15 is 0 Å². The fraction of sp³-hybridized carbons (Fsp3) is 0.348. The zero-order valence-electron chi connectivity index (χ0n) is 16.0. The van der Waals surface area contributed by atoms with Gasteiger partial charge in [-0.25, -0.2) is 0 Å². The number of amides is 1. The van der Waals surface area contributed by atoms with Crippen LogP contribution in [0.4, 0.5) is 0 Å². The third kappa shape index (κ3) is 3.44. The zero-order chi connectivity index (χ0) is 20.0. The van der Waals surface area contributed by atoms with E-state index in [2.05, 4.69) is 10.2 Å². The summed E-state index contributed by atoms with van der Waals surface area (Å²) in [6.07, 6.45) is 0.749. The van der Waals surface area contributed by atoms with Gasteiger partial charge in [-0.3, -0.25) is 4.79 Å². The highest BCUT2D eigenvalue weighted by molar-refractivity contribution is 6.00. The number of rotatable bonds is 4. The number of aliphatic hydroxyl groups excluding tert-OH is 1. The molecule has 0 unspecified atom stereocenters. The van der Waals surface area contributed by atoms with E-state index < -0.39 is 6.29 Å². The summed E-state index contributed by atoms with van der Waals surface area (Å²) in [4.78, 5) is 15.3. The first kappa shape index (κ1) is 18.4. The number of para-hydroxylation sites is 1. The summed E-state index contributed by atoms with van der Waals surface area (Å²) in [5.41, 5.74) is 2.65. The van der Waals surface area contributed by atoms with Gasteiger partial charge in [-0.1, -0.05) is 36.4 Å². The highest BCUT2D eigenvalue weighted by atomic mass is 16.5. The Labute approximate surface area is 168 Å². The maximum absolute atomic E-state index is 12.9. The first-order valence-corrected chi connectivity index (χ1v) is 10.1. The Hall–Kier alpha value is -2.67. The van der Waals surface area contributed by atoms with Crippen LogP contribution in [0.1, 0.15) is 35.2 Å². The quantitative estimate of drug-likeness (QED) is 0.595. The summed E-state index contributed by atoms with van der Waals surface area (Å²) in [5.74, 6) is 0.684. The van der Waals surface area contributed by atoms with Gasteiger partial charge in [-0.2, -0.15) is 0 Å². The van der Waals surface area contributed by atoms with Gasteiger partial charge >= 0.3 is 0 Å². The molecule has 6 nitrogen and oxygen atoms in total. The molecule has 3 aromatic rings. The van der Waals surface area contributed by atoms with E-state index in [0.717, 1.165) is 49.0 Å². The number of carbonyl (C=O) groups excluding carboxylic acids is 1. The summed E-state index contributed by atoms with van der Waals surface area (Å²) >= 11 is 0. The lowest BCUT2D eigenvalue weighted by Gasteiger charge is -2.44. The van der Waals surface area contributed by atoms with Crippen molar-refractivity contribution >= 4 is 16.9 Å². The Morgan fingerprint density at radius 2 is 1.90 bits per heavy atom. The summed E-state index contributed by atoms with van der Waals surface area (Å²) in [6.45, 7) is 3.18. The second-order valence-corrected chi connectivity index (χ2v) is 8.05. The van der Waals surface area contributed by atoms with Crippen molar-refractivity contribution in [3.05, 3.63) is 59.9 Å². The van der Waals surface area contributed by atoms with Gasteiger partial charge in [0.05, 0.1) is 0 Å². The number of hydrogen-bond donors (Lipinski definition) is 3. The molecule has 1 aromatic heterocycles. The second-order valence-electron chi connectivity index (χ2n) is 8.05. The normalized spacial score (nSPS) is 23.6. The Morgan fingerprint density at radius 3 is 2.62 bits per heavy atom. The molecule has 6 heteroatoms. The van der Waals surface area contributed by atoms with Gasteiger partial charge in [0.1, 0.15) is 5.58 Å². The number of fused-ring (bicyclic) bond motifs is 4. The van der Waals surface area contributed by atoms with Crippen LogP contribution in [0, 0.1) is 5.92 Å². The van der Waals surface area contributed by atoms with Crippen molar-refractivity contribution in [2.24, 2.45) is 5.92 Å². The number of aliphatic hydroxyl groups is 2. The van der Waals surface area contributed by atoms with Crippen LogP contribution in [0.3, 0.4) is 0 Å². The van der Waals surface area contributed by atoms with Gasteiger partial charge in [0.2, 0.25) is 0 Å². The summed E-state index contributed by atoms with van der Waals surface area (Å²) < 4.78 is 5.99. The predicted octanol–water partition coefficient (Wildman–Crippen LogP) is 2.91. The molecule has 3 N–H and O–H groups in total. The third-order valence-electron chi connectivity index (χ3n) is 6.24. The van der Waals surface area contributed by atoms with Crippen LogP contribution in [-0.2, 0) is 0 Å². The number of piperidine rings is 3. The Bertz CT molecular complexity index is 1050. The molecule has 0 spiro atoms. The highest BCUT2D eigenvalue weighted by Gasteiger charge is 2.35. The van der Waals surface area contributed by atoms with E-state index in [-0.39, 0.29) is 11.9 Å². The van der Waals surface area contributed by atoms with Gasteiger partial charge in [0, 0.05) is 29.1 Å². The lowest BCUT2D eigenvalue weighted by Crippen LogP contribution is -2.57. The van der Waals surface area contributed by atoms with E-state index in [1.165, 1.54) is 0 Å². The summed E-state index contributed by atoms with van der Waals surface area (Å²) in [7, 11) is 0. The fourth-order valence-electron chi connectivity index (χ4n) is 4.64. The van der Waals surface area contributed by atoms with E-state index in [1.807, 2.05) is 24.3 Å². The van der Waals surface area contributed by atoms with E-state index in [1.54, 1.807) is 24.3 Å². The first-order chi connectivity index (χ1) is 14.1. The number of hydrogen-bond acceptors (Lipinski definition) is 5. The van der Waals surface area contributed by atoms with Crippen LogP contribution in [0.15, 0.2) is 52.9 Å². The van der Waals surface area contributed by atoms with Crippen molar-refractivity contribution in [2.75, 3.05) is 19.6 Å². The third-order valence-corrected chi connectivity index (χ3v) is 6.24. The number of benzene rings is 2. The summed E-state index contributed by atoms with van der Waals surface area (Å²) in [6, 6.07) is 14.7. The molecule has 2 aromatic carbocycles. The molecule has 1 amide bonds. The smallest absolute Gasteiger partial charge is 0.287 e. The van der Waals surface area contributed by atoms with Gasteiger partial charge in [-0.15, -0.1) is 0 Å². The standard InChI is InChI=1S/C23H24N2O4/c26-22(24-19-13-25-9-7-14(19)8-10-25)20-12-16-4-2-6-18(21(16)29-20)15-3-1-5-17(11-15)23(27)28/h1-6,11-12,14,19,23,27-28H,7-10,13H2,(H,24,26)/t19-/m1/s1. The van der Waals surface area contributed by atoms with Crippen molar-refractivity contribution < 1.29 is 19.4 Å². The van der Waals surface area contributed by atoms with Crippen LogP contribution < -0.4 is 5.32 Å². The fourth-order valence-corrected chi connectivity index (χ4v) is 4.64. The predicted molar refractivity (Wildman–Crippen MR) is 109 cm³/mol. The zero-order valence-corrected chi connectivity index (χ0v) is 16.0. The maximum Gasteiger partial charge on any atom is 0.287 e. The highest BCUT2D eigenvalue weighted by Crippen LogP contribution is 2.33. The lowest BCUT2D eigenvalue weighted by atomic mass is 9.84. The minimum Gasteiger partial charge on any atom is -0.450 e. The number of carbonyl (C=O) groups is 1. The Morgan fingerprint density at radius 1 is 1.10 bits per heavy atom. The molecular formula is C23H24N2O4. The van der Waals surface area contributed by atoms with E-state index in [4.69, 9.17) is 4.42 Å². The Balaban J connectivity index is 1.44. The molecule has 1 atom stereocenters. The van der Waals surface area contributed by atoms with Crippen molar-refractivity contribution in [1.82, 2.24) is 10.2 Å². The van der Waals surface area contributed by atoms with Crippen molar-refractivity contribution in [1.29, 1.82) is 0 Å². The largest absolute Gasteiger partial charge is 0.450 e. The maximum atomic E-state index is 12.9. The van der Waals surface area contributed by atoms with Crippen LogP contribution in [0.25, 0.3) is 22.1 Å². The molecule has 29 heavy (non-hydrogen) atoms. The number of furan rings is 1. The van der Waals surface area contributed by atoms with Crippen LogP contribution in [-0.4, -0.2) is 46.7 Å². The molecule has 0 saturated carbocycles. The molecular weight excluding hydrogens is 368 g/mol. The van der Waals surface area contributed by atoms with Crippen molar-refractivity contribution in [2.45, 2.75) is 25.2 Å². The van der Waals surface area contributed by atoms with E-state index in [0.29, 0.717) is 22.8 Å². The average molecular weight is 392 g/mol. The SMILES string of the molecule is O=C(N[C@@H]1CN2CCC1CC2)c1cc2cccc(-c3cccc(C(O)O)c3)c2o1. The van der Waals surface area contributed by atoms with E-state index in [9.17, 15) is 15.0 Å². The van der Waals surface area contributed by atoms with Gasteiger partial charge in [-0.05, 0) is 49.5 Å². The topological polar surface area (TPSA) is 85.9 Å². The van der Waals surface area contributed by atoms with Crippen LogP contribution >= 0.6 is 0 Å². The average Bonchev–Trinajstić information content (AvgIpc) is 3.19. The number of nitrogens with zero attached hydrogens (tertiary/aromatic N) is 1. The van der Waals surface area contributed by atoms with Gasteiger partial charge in [0.25, 0.3) is 5.91 Å². The molecule has 3 aliphatic rings. The number of nitrogens with one attached hydrogen (secondary N) is 1. The molecule has 3 aliphatic heterocycles. The monoisotopic (exact) mass is 392 g/mol. The van der Waals surface area contributed by atoms with Gasteiger partial charge in [0.15, 0.2) is 12.1 Å². The minimum absolute atomic E-state index is 0.176. The second kappa shape index (κ2) is 7.30. The minimum atomic E-state index is -1.53. The molecule has 3 fully saturated rings. The lowest BCUT2D eigenvalue weighted by molar-refractivity contribution is -0.0424. The van der Waals surface area contributed by atoms with Crippen LogP contribution in [0.5, 0.6) is 0 Å². The molecule has 2 bridgehead atoms. The molecule has 4 heterocycles. The van der Waals surface area contributed by atoms with Crippen molar-refractivity contribution in [3.63, 3.8) is 0 Å². The van der Waals surface area contributed by atoms with Crippen LogP contribution in [0.2, 0.25) is 0 Å². The molecule has 0 aliphatic carbocycles. The molecule has 3 saturated heterocycles. The Kier molecular flexibility index (Phi) is 4.62. The van der Waals surface area contributed by atoms with Gasteiger partial charge < -0.3 is 24.8 Å². The molecule has 6 rings (SSSR count). The molecule has 150 valence electrons.